The molecule has 0 aliphatic carbocycles. The minimum absolute atomic E-state index is 0.306. The van der Waals surface area contributed by atoms with E-state index in [1.807, 2.05) is 6.07 Å². The third-order valence-corrected chi connectivity index (χ3v) is 2.69. The Labute approximate surface area is 99.5 Å². The number of ether oxygens (including phenoxy) is 1. The molecule has 0 spiro atoms. The Morgan fingerprint density at radius 3 is 3.00 bits per heavy atom. The zero-order chi connectivity index (χ0) is 12.3. The van der Waals surface area contributed by atoms with Gasteiger partial charge in [0.1, 0.15) is 18.6 Å². The highest BCUT2D eigenvalue weighted by atomic mass is 16.5. The second kappa shape index (κ2) is 5.19. The third-order valence-electron chi connectivity index (χ3n) is 2.69. The first-order valence-corrected chi connectivity index (χ1v) is 5.81. The molecule has 2 rings (SSSR count). The molecule has 17 heavy (non-hydrogen) atoms. The quantitative estimate of drug-likeness (QED) is 0.749. The lowest BCUT2D eigenvalue weighted by Gasteiger charge is -2.04. The number of hydrogen-bond donors (Lipinski definition) is 0. The van der Waals surface area contributed by atoms with E-state index in [1.54, 1.807) is 6.92 Å². The predicted molar refractivity (Wildman–Crippen MR) is 63.2 cm³/mol. The van der Waals surface area contributed by atoms with Crippen molar-refractivity contribution in [2.45, 2.75) is 33.3 Å². The minimum atomic E-state index is -0.306. The number of fused-ring (bicyclic) bond motifs is 1. The lowest BCUT2D eigenvalue weighted by Crippen LogP contribution is -1.96. The molecule has 0 radical (unpaired) electrons. The van der Waals surface area contributed by atoms with E-state index < -0.39 is 0 Å². The Morgan fingerprint density at radius 2 is 2.24 bits per heavy atom. The normalized spacial score (nSPS) is 11.2. The van der Waals surface area contributed by atoms with Crippen LogP contribution in [0, 0.1) is 6.92 Å². The van der Waals surface area contributed by atoms with E-state index in [4.69, 9.17) is 13.6 Å². The number of furan rings is 1. The van der Waals surface area contributed by atoms with E-state index in [1.165, 1.54) is 6.26 Å². The average Bonchev–Trinajstić information content (AvgIpc) is 2.61. The van der Waals surface area contributed by atoms with E-state index in [0.717, 1.165) is 25.0 Å². The molecule has 2 heterocycles. The van der Waals surface area contributed by atoms with E-state index in [-0.39, 0.29) is 5.63 Å². The maximum absolute atomic E-state index is 11.3. The fraction of sp³-hybridized carbons (Fsp3) is 0.462. The zero-order valence-electron chi connectivity index (χ0n) is 10.1. The van der Waals surface area contributed by atoms with Crippen molar-refractivity contribution in [1.29, 1.82) is 0 Å². The largest absolute Gasteiger partial charge is 0.463 e. The fourth-order valence-electron chi connectivity index (χ4n) is 1.61. The van der Waals surface area contributed by atoms with Gasteiger partial charge in [-0.3, -0.25) is 0 Å². The van der Waals surface area contributed by atoms with E-state index >= 15 is 0 Å². The van der Waals surface area contributed by atoms with Crippen LogP contribution in [0.15, 0.2) is 26.0 Å². The molecule has 4 nitrogen and oxygen atoms in total. The van der Waals surface area contributed by atoms with Crippen molar-refractivity contribution < 1.29 is 13.6 Å². The van der Waals surface area contributed by atoms with Gasteiger partial charge in [0.2, 0.25) is 0 Å². The maximum atomic E-state index is 11.3. The van der Waals surface area contributed by atoms with E-state index in [0.29, 0.717) is 23.7 Å². The van der Waals surface area contributed by atoms with E-state index in [9.17, 15) is 4.79 Å². The molecule has 4 heteroatoms. The number of rotatable bonds is 5. The average molecular weight is 236 g/mol. The molecule has 0 saturated heterocycles. The van der Waals surface area contributed by atoms with Gasteiger partial charge in [-0.25, -0.2) is 4.79 Å². The van der Waals surface area contributed by atoms with Gasteiger partial charge in [-0.1, -0.05) is 13.3 Å². The summed E-state index contributed by atoms with van der Waals surface area (Å²) in [6.45, 7) is 5.01. The van der Waals surface area contributed by atoms with E-state index in [2.05, 4.69) is 6.92 Å². The molecular weight excluding hydrogens is 220 g/mol. The zero-order valence-corrected chi connectivity index (χ0v) is 10.1. The van der Waals surface area contributed by atoms with Crippen molar-refractivity contribution in [3.63, 3.8) is 0 Å². The van der Waals surface area contributed by atoms with Crippen LogP contribution in [0.1, 0.15) is 31.1 Å². The second-order valence-electron chi connectivity index (χ2n) is 4.04. The summed E-state index contributed by atoms with van der Waals surface area (Å²) in [5, 5.41) is 0. The summed E-state index contributed by atoms with van der Waals surface area (Å²) in [4.78, 5) is 11.3. The number of hydrogen-bond acceptors (Lipinski definition) is 4. The van der Waals surface area contributed by atoms with Crippen LogP contribution in [0.2, 0.25) is 0 Å². The van der Waals surface area contributed by atoms with Gasteiger partial charge in [0.05, 0.1) is 0 Å². The van der Waals surface area contributed by atoms with Crippen LogP contribution in [-0.2, 0) is 11.3 Å². The molecule has 0 bridgehead atoms. The predicted octanol–water partition coefficient (Wildman–Crippen LogP) is 2.96. The van der Waals surface area contributed by atoms with Crippen molar-refractivity contribution in [2.24, 2.45) is 0 Å². The van der Waals surface area contributed by atoms with Gasteiger partial charge >= 0.3 is 5.63 Å². The molecule has 0 atom stereocenters. The minimum Gasteiger partial charge on any atom is -0.463 e. The summed E-state index contributed by atoms with van der Waals surface area (Å²) in [5.74, 6) is 1.20. The van der Waals surface area contributed by atoms with Gasteiger partial charge in [0, 0.05) is 17.7 Å². The van der Waals surface area contributed by atoms with Crippen LogP contribution in [0.5, 0.6) is 0 Å². The Balaban J connectivity index is 2.12. The van der Waals surface area contributed by atoms with Gasteiger partial charge in [0.25, 0.3) is 0 Å². The van der Waals surface area contributed by atoms with Gasteiger partial charge in [-0.2, -0.15) is 0 Å². The molecule has 0 aromatic heterocycles. The molecule has 2 aliphatic heterocycles. The first-order chi connectivity index (χ1) is 8.22. The van der Waals surface area contributed by atoms with Crippen LogP contribution in [0.4, 0.5) is 0 Å². The molecule has 0 amide bonds. The highest BCUT2D eigenvalue weighted by Crippen LogP contribution is 2.25. The summed E-state index contributed by atoms with van der Waals surface area (Å²) in [6.07, 6.45) is 3.61. The van der Waals surface area contributed by atoms with Crippen molar-refractivity contribution in [3.8, 4) is 11.3 Å². The maximum Gasteiger partial charge on any atom is 0.339 e. The first-order valence-electron chi connectivity index (χ1n) is 5.81. The van der Waals surface area contributed by atoms with Crippen molar-refractivity contribution in [1.82, 2.24) is 0 Å². The molecular formula is C13H16O4. The SMILES string of the molecule is CCCCOCc1cc2c(C)c(=O)oc-2co1. The Bertz CT molecular complexity index is 509. The van der Waals surface area contributed by atoms with Crippen molar-refractivity contribution in [2.75, 3.05) is 6.61 Å². The third kappa shape index (κ3) is 2.58. The molecule has 0 fully saturated rings. The lowest BCUT2D eigenvalue weighted by atomic mass is 10.1. The van der Waals surface area contributed by atoms with Crippen molar-refractivity contribution >= 4 is 0 Å². The van der Waals surface area contributed by atoms with Gasteiger partial charge < -0.3 is 13.6 Å². The summed E-state index contributed by atoms with van der Waals surface area (Å²) in [6, 6.07) is 1.81. The fourth-order valence-corrected chi connectivity index (χ4v) is 1.61. The Hall–Kier alpha value is -1.55. The molecule has 92 valence electrons. The standard InChI is InChI=1S/C13H16O4/c1-3-4-5-15-7-10-6-11-9(2)13(14)17-12(11)8-16-10/h6,8H,3-5,7H2,1-2H3. The Morgan fingerprint density at radius 1 is 1.41 bits per heavy atom. The molecule has 2 aliphatic rings. The van der Waals surface area contributed by atoms with Gasteiger partial charge in [-0.05, 0) is 19.4 Å². The van der Waals surface area contributed by atoms with Crippen LogP contribution in [-0.4, -0.2) is 6.61 Å². The highest BCUT2D eigenvalue weighted by molar-refractivity contribution is 5.61. The van der Waals surface area contributed by atoms with Gasteiger partial charge in [-0.15, -0.1) is 0 Å². The topological polar surface area (TPSA) is 52.6 Å². The lowest BCUT2D eigenvalue weighted by molar-refractivity contribution is 0.102. The molecule has 0 saturated carbocycles. The summed E-state index contributed by atoms with van der Waals surface area (Å²) in [5.41, 5.74) is 1.11. The van der Waals surface area contributed by atoms with Crippen LogP contribution in [0.25, 0.3) is 11.3 Å². The molecule has 0 aromatic carbocycles. The van der Waals surface area contributed by atoms with Crippen molar-refractivity contribution in [3.05, 3.63) is 34.1 Å². The van der Waals surface area contributed by atoms with Crippen LogP contribution in [0.3, 0.4) is 0 Å². The highest BCUT2D eigenvalue weighted by Gasteiger charge is 2.15. The van der Waals surface area contributed by atoms with Gasteiger partial charge in [0.15, 0.2) is 5.76 Å². The molecule has 0 N–H and O–H groups in total. The monoisotopic (exact) mass is 236 g/mol. The first kappa shape index (κ1) is 11.9. The second-order valence-corrected chi connectivity index (χ2v) is 4.04. The summed E-state index contributed by atoms with van der Waals surface area (Å²) >= 11 is 0. The van der Waals surface area contributed by atoms with Crippen LogP contribution >= 0.6 is 0 Å². The van der Waals surface area contributed by atoms with Crippen LogP contribution < -0.4 is 5.63 Å². The summed E-state index contributed by atoms with van der Waals surface area (Å²) in [7, 11) is 0. The Kier molecular flexibility index (Phi) is 3.64. The smallest absolute Gasteiger partial charge is 0.339 e. The summed E-state index contributed by atoms with van der Waals surface area (Å²) < 4.78 is 15.8. The number of unbranched alkanes of at least 4 members (excludes halogenated alkanes) is 1. The molecule has 0 aromatic rings. The molecule has 0 unspecified atom stereocenters.